The minimum atomic E-state index is -0.455. The maximum atomic E-state index is 13.1. The highest BCUT2D eigenvalue weighted by Gasteiger charge is 2.14. The van der Waals surface area contributed by atoms with E-state index in [-0.39, 0.29) is 17.4 Å². The molecule has 0 spiro atoms. The molecule has 0 atom stereocenters. The van der Waals surface area contributed by atoms with Crippen LogP contribution in [0.15, 0.2) is 65.3 Å². The number of aromatic amines is 1. The van der Waals surface area contributed by atoms with Crippen LogP contribution in [0.1, 0.15) is 16.3 Å². The zero-order valence-electron chi connectivity index (χ0n) is 14.9. The quantitative estimate of drug-likeness (QED) is 0.479. The molecule has 0 aliphatic carbocycles. The Morgan fingerprint density at radius 1 is 1.17 bits per heavy atom. The topological polar surface area (TPSA) is 93.0 Å². The smallest absolute Gasteiger partial charge is 0.292 e. The molecule has 0 saturated heterocycles. The fourth-order valence-electron chi connectivity index (χ4n) is 2.56. The number of benzene rings is 1. The van der Waals surface area contributed by atoms with Crippen molar-refractivity contribution in [3.8, 4) is 17.0 Å². The molecule has 1 aromatic carbocycles. The first kappa shape index (κ1) is 18.7. The van der Waals surface area contributed by atoms with Crippen LogP contribution in [0, 0.1) is 5.82 Å². The van der Waals surface area contributed by atoms with Crippen LogP contribution in [0.2, 0.25) is 5.02 Å². The summed E-state index contributed by atoms with van der Waals surface area (Å²) in [6.45, 7) is 0.0349. The monoisotopic (exact) mass is 412 g/mol. The molecule has 0 saturated carbocycles. The Morgan fingerprint density at radius 2 is 2.00 bits per heavy atom. The molecule has 4 aromatic rings. The lowest BCUT2D eigenvalue weighted by Gasteiger charge is -2.06. The van der Waals surface area contributed by atoms with Gasteiger partial charge < -0.3 is 14.5 Å². The van der Waals surface area contributed by atoms with Crippen LogP contribution in [0.5, 0.6) is 5.75 Å². The summed E-state index contributed by atoms with van der Waals surface area (Å²) in [6, 6.07) is 12.3. The normalized spacial score (nSPS) is 10.7. The number of H-pyrrole nitrogens is 1. The standard InChI is InChI=1S/C20H14ClFN4O3/c21-15-9-13(22)1-3-17(15)28-11-14-2-4-18(29-14)20(27)24-19-10-16(25-26-19)12-5-7-23-8-6-12/h1-10H,11H2,(H2,24,25,26,27). The van der Waals surface area contributed by atoms with Gasteiger partial charge in [0.05, 0.1) is 10.7 Å². The number of furan rings is 1. The number of amides is 1. The van der Waals surface area contributed by atoms with Crippen molar-refractivity contribution in [1.29, 1.82) is 0 Å². The Labute approximate surface area is 169 Å². The van der Waals surface area contributed by atoms with Gasteiger partial charge in [-0.2, -0.15) is 5.10 Å². The van der Waals surface area contributed by atoms with Crippen molar-refractivity contribution in [1.82, 2.24) is 15.2 Å². The van der Waals surface area contributed by atoms with Gasteiger partial charge in [-0.3, -0.25) is 14.9 Å². The van der Waals surface area contributed by atoms with Gasteiger partial charge in [0.25, 0.3) is 5.91 Å². The average molecular weight is 413 g/mol. The largest absolute Gasteiger partial charge is 0.484 e. The first-order valence-corrected chi connectivity index (χ1v) is 8.90. The molecule has 7 nitrogen and oxygen atoms in total. The second-order valence-electron chi connectivity index (χ2n) is 5.99. The van der Waals surface area contributed by atoms with E-state index in [1.54, 1.807) is 24.5 Å². The van der Waals surface area contributed by atoms with E-state index in [1.807, 2.05) is 12.1 Å². The summed E-state index contributed by atoms with van der Waals surface area (Å²) >= 11 is 5.91. The maximum Gasteiger partial charge on any atom is 0.292 e. The summed E-state index contributed by atoms with van der Waals surface area (Å²) in [6.07, 6.45) is 3.33. The van der Waals surface area contributed by atoms with Crippen LogP contribution < -0.4 is 10.1 Å². The third-order valence-corrected chi connectivity index (χ3v) is 4.26. The fourth-order valence-corrected chi connectivity index (χ4v) is 2.78. The Balaban J connectivity index is 1.38. The molecule has 0 fully saturated rings. The molecule has 0 bridgehead atoms. The van der Waals surface area contributed by atoms with Crippen molar-refractivity contribution in [3.63, 3.8) is 0 Å². The zero-order valence-corrected chi connectivity index (χ0v) is 15.6. The first-order chi connectivity index (χ1) is 14.1. The summed E-state index contributed by atoms with van der Waals surface area (Å²) in [5.74, 6) is 0.274. The van der Waals surface area contributed by atoms with Gasteiger partial charge in [0.1, 0.15) is 23.9 Å². The Bertz CT molecular complexity index is 1140. The highest BCUT2D eigenvalue weighted by molar-refractivity contribution is 6.32. The van der Waals surface area contributed by atoms with E-state index in [1.165, 1.54) is 18.2 Å². The van der Waals surface area contributed by atoms with Crippen molar-refractivity contribution >= 4 is 23.3 Å². The SMILES string of the molecule is O=C(Nc1cc(-c2ccncc2)[nH]n1)c1ccc(COc2ccc(F)cc2Cl)o1. The summed E-state index contributed by atoms with van der Waals surface area (Å²) < 4.78 is 24.1. The molecule has 3 heterocycles. The molecule has 0 aliphatic rings. The Hall–Kier alpha value is -3.65. The molecule has 4 rings (SSSR count). The number of anilines is 1. The van der Waals surface area contributed by atoms with Crippen molar-refractivity contribution in [2.45, 2.75) is 6.61 Å². The van der Waals surface area contributed by atoms with Crippen LogP contribution in [0.4, 0.5) is 10.2 Å². The number of nitrogens with zero attached hydrogens (tertiary/aromatic N) is 2. The van der Waals surface area contributed by atoms with E-state index in [0.29, 0.717) is 17.3 Å². The van der Waals surface area contributed by atoms with Gasteiger partial charge in [-0.25, -0.2) is 4.39 Å². The summed E-state index contributed by atoms with van der Waals surface area (Å²) in [5.41, 5.74) is 1.64. The lowest BCUT2D eigenvalue weighted by molar-refractivity contribution is 0.0992. The van der Waals surface area contributed by atoms with Crippen LogP contribution in [0.25, 0.3) is 11.3 Å². The maximum absolute atomic E-state index is 13.1. The van der Waals surface area contributed by atoms with Gasteiger partial charge in [-0.05, 0) is 42.5 Å². The van der Waals surface area contributed by atoms with Crippen LogP contribution >= 0.6 is 11.6 Å². The number of hydrogen-bond acceptors (Lipinski definition) is 5. The number of ether oxygens (including phenoxy) is 1. The van der Waals surface area contributed by atoms with Gasteiger partial charge in [0.2, 0.25) is 0 Å². The molecule has 0 unspecified atom stereocenters. The van der Waals surface area contributed by atoms with Gasteiger partial charge in [-0.15, -0.1) is 0 Å². The van der Waals surface area contributed by atoms with Gasteiger partial charge in [0, 0.05) is 24.0 Å². The lowest BCUT2D eigenvalue weighted by atomic mass is 10.2. The van der Waals surface area contributed by atoms with E-state index < -0.39 is 11.7 Å². The molecular formula is C20H14ClFN4O3. The van der Waals surface area contributed by atoms with Crippen molar-refractivity contribution in [3.05, 3.63) is 83.3 Å². The molecule has 3 aromatic heterocycles. The third-order valence-electron chi connectivity index (χ3n) is 3.96. The third kappa shape index (κ3) is 4.44. The number of hydrogen-bond donors (Lipinski definition) is 2. The molecule has 146 valence electrons. The molecule has 0 radical (unpaired) electrons. The van der Waals surface area contributed by atoms with Gasteiger partial charge in [0.15, 0.2) is 11.6 Å². The number of carbonyl (C=O) groups excluding carboxylic acids is 1. The number of nitrogens with one attached hydrogen (secondary N) is 2. The number of rotatable bonds is 6. The molecule has 0 aliphatic heterocycles. The minimum Gasteiger partial charge on any atom is -0.484 e. The van der Waals surface area contributed by atoms with Crippen molar-refractivity contribution < 1.29 is 18.3 Å². The summed E-state index contributed by atoms with van der Waals surface area (Å²) in [5, 5.41) is 9.73. The van der Waals surface area contributed by atoms with Crippen LogP contribution in [-0.2, 0) is 6.61 Å². The molecule has 9 heteroatoms. The predicted octanol–water partition coefficient (Wildman–Crippen LogP) is 4.69. The van der Waals surface area contributed by atoms with E-state index in [2.05, 4.69) is 20.5 Å². The second-order valence-corrected chi connectivity index (χ2v) is 6.39. The van der Waals surface area contributed by atoms with Crippen molar-refractivity contribution in [2.24, 2.45) is 0 Å². The Kier molecular flexibility index (Phi) is 5.26. The average Bonchev–Trinajstić information content (AvgIpc) is 3.38. The molecular weight excluding hydrogens is 399 g/mol. The summed E-state index contributed by atoms with van der Waals surface area (Å²) in [7, 11) is 0. The second kappa shape index (κ2) is 8.15. The molecule has 1 amide bonds. The number of pyridine rings is 1. The van der Waals surface area contributed by atoms with Gasteiger partial charge in [-0.1, -0.05) is 11.6 Å². The predicted molar refractivity (Wildman–Crippen MR) is 104 cm³/mol. The number of halogens is 2. The van der Waals surface area contributed by atoms with E-state index in [0.717, 1.165) is 17.3 Å². The minimum absolute atomic E-state index is 0.0349. The highest BCUT2D eigenvalue weighted by atomic mass is 35.5. The zero-order chi connectivity index (χ0) is 20.2. The lowest BCUT2D eigenvalue weighted by Crippen LogP contribution is -2.11. The van der Waals surface area contributed by atoms with Crippen molar-refractivity contribution in [2.75, 3.05) is 5.32 Å². The number of aromatic nitrogens is 3. The highest BCUT2D eigenvalue weighted by Crippen LogP contribution is 2.26. The first-order valence-electron chi connectivity index (χ1n) is 8.52. The fraction of sp³-hybridized carbons (Fsp3) is 0.0500. The Morgan fingerprint density at radius 3 is 2.79 bits per heavy atom. The van der Waals surface area contributed by atoms with E-state index in [9.17, 15) is 9.18 Å². The van der Waals surface area contributed by atoms with Crippen LogP contribution in [0.3, 0.4) is 0 Å². The summed E-state index contributed by atoms with van der Waals surface area (Å²) in [4.78, 5) is 16.3. The van der Waals surface area contributed by atoms with Crippen LogP contribution in [-0.4, -0.2) is 21.1 Å². The van der Waals surface area contributed by atoms with E-state index >= 15 is 0 Å². The van der Waals surface area contributed by atoms with Gasteiger partial charge >= 0.3 is 0 Å². The van der Waals surface area contributed by atoms with E-state index in [4.69, 9.17) is 20.8 Å². The molecule has 29 heavy (non-hydrogen) atoms. The number of carbonyl (C=O) groups is 1. The molecule has 2 N–H and O–H groups in total.